The van der Waals surface area contributed by atoms with E-state index in [9.17, 15) is 26.7 Å². The Morgan fingerprint density at radius 3 is 1.66 bits per heavy atom. The van der Waals surface area contributed by atoms with Crippen molar-refractivity contribution in [2.75, 3.05) is 0 Å². The van der Waals surface area contributed by atoms with Crippen LogP contribution in [-0.2, 0) is 19.7 Å². The number of sulfone groups is 2. The molecule has 2 aromatic rings. The van der Waals surface area contributed by atoms with Crippen LogP contribution < -0.4 is 5.11 Å². The predicted octanol–water partition coefficient (Wildman–Crippen LogP) is 5.25. The van der Waals surface area contributed by atoms with Crippen molar-refractivity contribution in [2.24, 2.45) is 0 Å². The number of carbonyl (C=O) groups is 1. The van der Waals surface area contributed by atoms with Gasteiger partial charge in [0.25, 0.3) is 0 Å². The van der Waals surface area contributed by atoms with E-state index in [1.54, 1.807) is 24.3 Å². The molecule has 8 heteroatoms. The summed E-state index contributed by atoms with van der Waals surface area (Å²) in [6.45, 7) is 12.0. The molecule has 2 aliphatic rings. The first kappa shape index (κ1) is 29.8. The van der Waals surface area contributed by atoms with Crippen molar-refractivity contribution in [3.05, 3.63) is 99.8 Å². The molecule has 0 saturated carbocycles. The van der Waals surface area contributed by atoms with Gasteiger partial charge in [-0.15, -0.1) is 0 Å². The second-order valence-corrected chi connectivity index (χ2v) is 10.1. The lowest BCUT2D eigenvalue weighted by Gasteiger charge is -2.07. The van der Waals surface area contributed by atoms with Crippen LogP contribution in [0.5, 0.6) is 0 Å². The molecule has 4 rings (SSSR count). The Labute approximate surface area is 208 Å². The highest BCUT2D eigenvalue weighted by atomic mass is 32.2. The number of fused-ring (bicyclic) bond motifs is 2. The Balaban J connectivity index is 0.000000949. The third kappa shape index (κ3) is 5.71. The second-order valence-electron chi connectivity index (χ2n) is 6.30. The van der Waals surface area contributed by atoms with Gasteiger partial charge in [-0.1, -0.05) is 95.9 Å². The first-order valence-corrected chi connectivity index (χ1v) is 14.4. The molecule has 2 heterocycles. The number of allylic oxidation sites excluding steroid dienone is 6. The molecule has 0 saturated heterocycles. The molecule has 0 aliphatic carbocycles. The molecule has 2 aromatic carbocycles. The van der Waals surface area contributed by atoms with Gasteiger partial charge in [-0.25, -0.2) is 16.8 Å². The van der Waals surface area contributed by atoms with Crippen molar-refractivity contribution in [3.8, 4) is 0 Å². The van der Waals surface area contributed by atoms with Crippen LogP contribution in [0.2, 0.25) is 0 Å². The first-order chi connectivity index (χ1) is 16.8. The van der Waals surface area contributed by atoms with E-state index in [-0.39, 0.29) is 30.7 Å². The number of hydrogen-bond donors (Lipinski definition) is 0. The highest BCUT2D eigenvalue weighted by Gasteiger charge is 2.38. The normalized spacial score (nSPS) is 17.7. The number of carbonyl (C=O) groups excluding carboxylic acids is 1. The van der Waals surface area contributed by atoms with Crippen LogP contribution in [0.15, 0.2) is 98.5 Å². The molecule has 2 aliphatic heterocycles. The zero-order chi connectivity index (χ0) is 26.8. The van der Waals surface area contributed by atoms with Crippen LogP contribution in [0.4, 0.5) is 0 Å². The van der Waals surface area contributed by atoms with E-state index in [4.69, 9.17) is 0 Å². The van der Waals surface area contributed by atoms with Crippen molar-refractivity contribution in [1.82, 2.24) is 0 Å². The molecule has 0 fully saturated rings. The van der Waals surface area contributed by atoms with Crippen molar-refractivity contribution >= 4 is 31.2 Å². The van der Waals surface area contributed by atoms with Crippen LogP contribution in [0.3, 0.4) is 0 Å². The predicted molar refractivity (Wildman–Crippen MR) is 139 cm³/mol. The Hall–Kier alpha value is -3.23. The largest absolute Gasteiger partial charge is 0.871 e. The molecular weight excluding hydrogens is 484 g/mol. The minimum absolute atomic E-state index is 0.0313. The highest BCUT2D eigenvalue weighted by molar-refractivity contribution is 7.97. The van der Waals surface area contributed by atoms with E-state index in [1.807, 2.05) is 41.5 Å². The van der Waals surface area contributed by atoms with Gasteiger partial charge in [0.15, 0.2) is 0 Å². The summed E-state index contributed by atoms with van der Waals surface area (Å²) in [6, 6.07) is 11.9. The molecule has 6 nitrogen and oxygen atoms in total. The Bertz CT molecular complexity index is 1390. The minimum Gasteiger partial charge on any atom is -0.871 e. The highest BCUT2D eigenvalue weighted by Crippen LogP contribution is 2.36. The van der Waals surface area contributed by atoms with Gasteiger partial charge in [0, 0.05) is 5.56 Å². The molecule has 0 amide bonds. The molecule has 0 bridgehead atoms. The van der Waals surface area contributed by atoms with Gasteiger partial charge >= 0.3 is 0 Å². The summed E-state index contributed by atoms with van der Waals surface area (Å²) >= 11 is 0. The van der Waals surface area contributed by atoms with Gasteiger partial charge in [0.2, 0.25) is 25.5 Å². The number of ketones is 1. The smallest absolute Gasteiger partial charge is 0.211 e. The molecule has 0 spiro atoms. The fourth-order valence-electron chi connectivity index (χ4n) is 3.20. The summed E-state index contributed by atoms with van der Waals surface area (Å²) in [7, 11) is -7.76. The second kappa shape index (κ2) is 13.0. The summed E-state index contributed by atoms with van der Waals surface area (Å²) < 4.78 is 49.8. The molecule has 0 unspecified atom stereocenters. The van der Waals surface area contributed by atoms with Crippen molar-refractivity contribution in [1.29, 1.82) is 0 Å². The maximum absolute atomic E-state index is 12.5. The lowest BCUT2D eigenvalue weighted by molar-refractivity contribution is -0.244. The van der Waals surface area contributed by atoms with Gasteiger partial charge in [0.1, 0.15) is 4.91 Å². The molecule has 0 aromatic heterocycles. The van der Waals surface area contributed by atoms with E-state index in [0.29, 0.717) is 0 Å². The maximum atomic E-state index is 12.5. The number of rotatable bonds is 3. The zero-order valence-electron chi connectivity index (χ0n) is 20.8. The van der Waals surface area contributed by atoms with Crippen molar-refractivity contribution in [3.63, 3.8) is 0 Å². The maximum Gasteiger partial charge on any atom is 0.211 e. The fourth-order valence-corrected chi connectivity index (χ4v) is 6.32. The van der Waals surface area contributed by atoms with E-state index >= 15 is 0 Å². The lowest BCUT2D eigenvalue weighted by atomic mass is 10.1. The van der Waals surface area contributed by atoms with E-state index < -0.39 is 31.2 Å². The van der Waals surface area contributed by atoms with Crippen LogP contribution in [-0.4, -0.2) is 22.6 Å². The standard InChI is InChI=1S/C21H14O6S2.3C2H6/c22-20-14-8-4-6-10-16(14)28(24,25)18(20)12-2-1-3-13-19-21(23)15-9-5-7-11-17(15)29(19,26)27;3*1-2/h1-13,22H;3*1-2H3/p-1. The number of benzene rings is 2. The van der Waals surface area contributed by atoms with Gasteiger partial charge in [-0.05, 0) is 35.9 Å². The molecular formula is C27H31O6S2-. The Morgan fingerprint density at radius 1 is 0.657 bits per heavy atom. The molecule has 0 N–H and O–H groups in total. The average molecular weight is 516 g/mol. The third-order valence-corrected chi connectivity index (χ3v) is 8.26. The molecule has 0 atom stereocenters. The number of hydrogen-bond acceptors (Lipinski definition) is 6. The Morgan fingerprint density at radius 2 is 1.14 bits per heavy atom. The SMILES string of the molecule is CC.CC.CC.O=C1C(=CC=CC=CC2=C([O-])c3ccccc3S2(=O)=O)S(=O)(=O)c2ccccc21. The summed E-state index contributed by atoms with van der Waals surface area (Å²) in [4.78, 5) is 11.5. The van der Waals surface area contributed by atoms with E-state index in [1.165, 1.54) is 42.5 Å². The van der Waals surface area contributed by atoms with Crippen LogP contribution in [0.1, 0.15) is 57.5 Å². The number of Topliss-reactive ketones (excluding diaryl/α,β-unsaturated/α-hetero) is 1. The molecule has 35 heavy (non-hydrogen) atoms. The monoisotopic (exact) mass is 515 g/mol. The summed E-state index contributed by atoms with van der Waals surface area (Å²) in [6.07, 6.45) is 6.30. The fraction of sp³-hybridized carbons (Fsp3) is 0.222. The van der Waals surface area contributed by atoms with Gasteiger partial charge in [-0.2, -0.15) is 0 Å². The van der Waals surface area contributed by atoms with Crippen molar-refractivity contribution < 1.29 is 26.7 Å². The topological polar surface area (TPSA) is 108 Å². The van der Waals surface area contributed by atoms with E-state index in [2.05, 4.69) is 0 Å². The molecule has 188 valence electrons. The summed E-state index contributed by atoms with van der Waals surface area (Å²) in [5.41, 5.74) is 0.248. The van der Waals surface area contributed by atoms with Gasteiger partial charge in [0.05, 0.1) is 14.7 Å². The minimum atomic E-state index is -3.88. The Kier molecular flexibility index (Phi) is 11.1. The van der Waals surface area contributed by atoms with Crippen LogP contribution in [0.25, 0.3) is 5.76 Å². The quantitative estimate of drug-likeness (QED) is 0.408. The lowest BCUT2D eigenvalue weighted by Crippen LogP contribution is -2.03. The average Bonchev–Trinajstić information content (AvgIpc) is 3.21. The zero-order valence-corrected chi connectivity index (χ0v) is 22.4. The van der Waals surface area contributed by atoms with E-state index in [0.717, 1.165) is 12.2 Å². The summed E-state index contributed by atoms with van der Waals surface area (Å²) in [5, 5.41) is 12.3. The third-order valence-electron chi connectivity index (χ3n) is 4.59. The van der Waals surface area contributed by atoms with Crippen molar-refractivity contribution in [2.45, 2.75) is 51.3 Å². The summed E-state index contributed by atoms with van der Waals surface area (Å²) in [5.74, 6) is -1.18. The van der Waals surface area contributed by atoms with Gasteiger partial charge in [-0.3, -0.25) is 4.79 Å². The molecule has 0 radical (unpaired) electrons. The first-order valence-electron chi connectivity index (χ1n) is 11.5. The van der Waals surface area contributed by atoms with Gasteiger partial charge < -0.3 is 5.11 Å². The van der Waals surface area contributed by atoms with Crippen LogP contribution >= 0.6 is 0 Å². The van der Waals surface area contributed by atoms with Crippen LogP contribution in [0, 0.1) is 0 Å².